The molecule has 0 radical (unpaired) electrons. The molecule has 0 N–H and O–H groups in total. The van der Waals surface area contributed by atoms with Gasteiger partial charge in [-0.15, -0.1) is 0 Å². The second-order valence-corrected chi connectivity index (χ2v) is 4.17. The third-order valence-corrected chi connectivity index (χ3v) is 2.79. The molecule has 0 aliphatic rings. The summed E-state index contributed by atoms with van der Waals surface area (Å²) in [4.78, 5) is 32.8. The van der Waals surface area contributed by atoms with Gasteiger partial charge in [-0.3, -0.25) is 19.7 Å². The quantitative estimate of drug-likeness (QED) is 0.352. The number of nitro groups is 1. The molecule has 6 nitrogen and oxygen atoms in total. The Balaban J connectivity index is 2.11. The summed E-state index contributed by atoms with van der Waals surface area (Å²) in [5.41, 5.74) is 0.316. The molecule has 0 saturated heterocycles. The van der Waals surface area contributed by atoms with Crippen molar-refractivity contribution in [3.63, 3.8) is 0 Å². The molecule has 0 saturated carbocycles. The maximum Gasteiger partial charge on any atom is 0.270 e. The minimum atomic E-state index is -0.605. The molecule has 0 unspecified atom stereocenters. The largest absolute Gasteiger partial charge is 0.485 e. The van der Waals surface area contributed by atoms with Gasteiger partial charge < -0.3 is 4.74 Å². The van der Waals surface area contributed by atoms with Crippen LogP contribution in [-0.4, -0.2) is 23.6 Å². The smallest absolute Gasteiger partial charge is 0.270 e. The number of hydrogen-bond acceptors (Lipinski definition) is 5. The third-order valence-electron chi connectivity index (χ3n) is 2.79. The number of non-ortho nitro benzene ring substituents is 1. The van der Waals surface area contributed by atoms with Crippen LogP contribution < -0.4 is 4.74 Å². The van der Waals surface area contributed by atoms with Crippen LogP contribution in [0.25, 0.3) is 0 Å². The number of benzene rings is 2. The zero-order chi connectivity index (χ0) is 15.2. The van der Waals surface area contributed by atoms with Crippen molar-refractivity contribution in [2.24, 2.45) is 0 Å². The van der Waals surface area contributed by atoms with Gasteiger partial charge >= 0.3 is 0 Å². The summed E-state index contributed by atoms with van der Waals surface area (Å²) in [6.45, 7) is -0.247. The number of rotatable bonds is 6. The molecule has 106 valence electrons. The summed E-state index contributed by atoms with van der Waals surface area (Å²) in [6.07, 6.45) is 0.454. The van der Waals surface area contributed by atoms with Crippen LogP contribution in [0.1, 0.15) is 20.7 Å². The highest BCUT2D eigenvalue weighted by Crippen LogP contribution is 2.22. The topological polar surface area (TPSA) is 86.5 Å². The SMILES string of the molecule is O=Cc1cc([N+](=O)[O-])ccc1OCC(=O)c1ccccc1. The fourth-order valence-electron chi connectivity index (χ4n) is 1.72. The molecular weight excluding hydrogens is 274 g/mol. The Kier molecular flexibility index (Phi) is 4.40. The second kappa shape index (κ2) is 6.42. The van der Waals surface area contributed by atoms with Gasteiger partial charge in [0.15, 0.2) is 18.7 Å². The maximum atomic E-state index is 11.9. The van der Waals surface area contributed by atoms with Gasteiger partial charge in [-0.1, -0.05) is 30.3 Å². The molecule has 0 spiro atoms. The van der Waals surface area contributed by atoms with Crippen LogP contribution in [-0.2, 0) is 0 Å². The van der Waals surface area contributed by atoms with Crippen molar-refractivity contribution in [2.45, 2.75) is 0 Å². The summed E-state index contributed by atoms with van der Waals surface area (Å²) in [5, 5.41) is 10.6. The van der Waals surface area contributed by atoms with Crippen LogP contribution >= 0.6 is 0 Å². The van der Waals surface area contributed by atoms with Crippen molar-refractivity contribution in [1.82, 2.24) is 0 Å². The van der Waals surface area contributed by atoms with E-state index >= 15 is 0 Å². The molecule has 6 heteroatoms. The van der Waals surface area contributed by atoms with Gasteiger partial charge in [0.05, 0.1) is 10.5 Å². The molecular formula is C15H11NO5. The monoisotopic (exact) mass is 285 g/mol. The van der Waals surface area contributed by atoms with Gasteiger partial charge in [-0.2, -0.15) is 0 Å². The normalized spacial score (nSPS) is 9.90. The van der Waals surface area contributed by atoms with Crippen molar-refractivity contribution in [1.29, 1.82) is 0 Å². The van der Waals surface area contributed by atoms with Gasteiger partial charge in [0, 0.05) is 17.7 Å². The summed E-state index contributed by atoms with van der Waals surface area (Å²) in [7, 11) is 0. The first-order valence-electron chi connectivity index (χ1n) is 6.06. The zero-order valence-electron chi connectivity index (χ0n) is 10.9. The number of carbonyl (C=O) groups excluding carboxylic acids is 2. The summed E-state index contributed by atoms with van der Waals surface area (Å²) in [5.74, 6) is -0.106. The van der Waals surface area contributed by atoms with Crippen LogP contribution in [0, 0.1) is 10.1 Å². The predicted molar refractivity (Wildman–Crippen MR) is 74.8 cm³/mol. The van der Waals surface area contributed by atoms with Gasteiger partial charge in [-0.25, -0.2) is 0 Å². The average molecular weight is 285 g/mol. The van der Waals surface area contributed by atoms with E-state index in [-0.39, 0.29) is 29.4 Å². The Bertz CT molecular complexity index is 682. The van der Waals surface area contributed by atoms with E-state index in [0.29, 0.717) is 11.8 Å². The Morgan fingerprint density at radius 1 is 1.19 bits per heavy atom. The fourth-order valence-corrected chi connectivity index (χ4v) is 1.72. The second-order valence-electron chi connectivity index (χ2n) is 4.17. The van der Waals surface area contributed by atoms with Gasteiger partial charge in [0.2, 0.25) is 0 Å². The van der Waals surface area contributed by atoms with E-state index in [4.69, 9.17) is 4.74 Å². The molecule has 0 aromatic heterocycles. The van der Waals surface area contributed by atoms with Gasteiger partial charge in [-0.05, 0) is 6.07 Å². The highest BCUT2D eigenvalue weighted by atomic mass is 16.6. The predicted octanol–water partition coefficient (Wildman–Crippen LogP) is 2.67. The van der Waals surface area contributed by atoms with E-state index in [1.807, 2.05) is 0 Å². The lowest BCUT2D eigenvalue weighted by atomic mass is 10.1. The Morgan fingerprint density at radius 3 is 2.52 bits per heavy atom. The fraction of sp³-hybridized carbons (Fsp3) is 0.0667. The van der Waals surface area contributed by atoms with Gasteiger partial charge in [0.25, 0.3) is 5.69 Å². The molecule has 2 aromatic carbocycles. The van der Waals surface area contributed by atoms with E-state index in [1.54, 1.807) is 30.3 Å². The highest BCUT2D eigenvalue weighted by Gasteiger charge is 2.13. The van der Waals surface area contributed by atoms with Crippen molar-refractivity contribution >= 4 is 17.8 Å². The first kappa shape index (κ1) is 14.4. The number of ketones is 1. The van der Waals surface area contributed by atoms with Gasteiger partial charge in [0.1, 0.15) is 5.75 Å². The van der Waals surface area contributed by atoms with E-state index in [9.17, 15) is 19.7 Å². The summed E-state index contributed by atoms with van der Waals surface area (Å²) in [6, 6.07) is 12.2. The molecule has 2 aromatic rings. The molecule has 0 bridgehead atoms. The van der Waals surface area contributed by atoms with E-state index in [2.05, 4.69) is 0 Å². The van der Waals surface area contributed by atoms with E-state index in [0.717, 1.165) is 6.07 Å². The Hall–Kier alpha value is -3.02. The summed E-state index contributed by atoms with van der Waals surface area (Å²) < 4.78 is 5.28. The molecule has 0 atom stereocenters. The van der Waals surface area contributed by atoms with Crippen LogP contribution in [0.15, 0.2) is 48.5 Å². The first-order chi connectivity index (χ1) is 10.1. The molecule has 0 amide bonds. The number of Topliss-reactive ketones (excluding diaryl/α,β-unsaturated/α-hetero) is 1. The minimum absolute atomic E-state index is 0.0325. The maximum absolute atomic E-state index is 11.9. The van der Waals surface area contributed by atoms with Crippen LogP contribution in [0.3, 0.4) is 0 Å². The number of carbonyl (C=O) groups is 2. The molecule has 0 fully saturated rings. The number of ether oxygens (including phenoxy) is 1. The van der Waals surface area contributed by atoms with E-state index < -0.39 is 4.92 Å². The molecule has 0 heterocycles. The summed E-state index contributed by atoms with van der Waals surface area (Å²) >= 11 is 0. The number of aldehydes is 1. The van der Waals surface area contributed by atoms with Crippen LogP contribution in [0.2, 0.25) is 0 Å². The van der Waals surface area contributed by atoms with Crippen molar-refractivity contribution in [3.05, 3.63) is 69.8 Å². The Morgan fingerprint density at radius 2 is 1.90 bits per heavy atom. The standard InChI is InChI=1S/C15H11NO5/c17-9-12-8-13(16(19)20)6-7-15(12)21-10-14(18)11-4-2-1-3-5-11/h1-9H,10H2. The third kappa shape index (κ3) is 3.50. The first-order valence-corrected chi connectivity index (χ1v) is 6.06. The van der Waals surface area contributed by atoms with Crippen LogP contribution in [0.4, 0.5) is 5.69 Å². The molecule has 21 heavy (non-hydrogen) atoms. The zero-order valence-corrected chi connectivity index (χ0v) is 10.9. The Labute approximate surface area is 120 Å². The van der Waals surface area contributed by atoms with E-state index in [1.165, 1.54) is 12.1 Å². The lowest BCUT2D eigenvalue weighted by Gasteiger charge is -2.07. The average Bonchev–Trinajstić information content (AvgIpc) is 2.53. The number of nitro benzene ring substituents is 1. The van der Waals surface area contributed by atoms with Crippen molar-refractivity contribution in [2.75, 3.05) is 6.61 Å². The van der Waals surface area contributed by atoms with Crippen molar-refractivity contribution < 1.29 is 19.2 Å². The highest BCUT2D eigenvalue weighted by molar-refractivity contribution is 5.97. The molecule has 0 aliphatic heterocycles. The minimum Gasteiger partial charge on any atom is -0.485 e. The van der Waals surface area contributed by atoms with Crippen LogP contribution in [0.5, 0.6) is 5.75 Å². The van der Waals surface area contributed by atoms with Crippen molar-refractivity contribution in [3.8, 4) is 5.75 Å². The lowest BCUT2D eigenvalue weighted by molar-refractivity contribution is -0.384. The number of hydrogen-bond donors (Lipinski definition) is 0. The molecule has 0 aliphatic carbocycles. The lowest BCUT2D eigenvalue weighted by Crippen LogP contribution is -2.12. The number of nitrogens with zero attached hydrogens (tertiary/aromatic N) is 1. The molecule has 2 rings (SSSR count).